The van der Waals surface area contributed by atoms with Crippen LogP contribution in [0.2, 0.25) is 0 Å². The lowest BCUT2D eigenvalue weighted by Crippen LogP contribution is -2.23. The van der Waals surface area contributed by atoms with E-state index in [4.69, 9.17) is 4.74 Å². The van der Waals surface area contributed by atoms with Crippen molar-refractivity contribution in [3.8, 4) is 5.75 Å². The van der Waals surface area contributed by atoms with Gasteiger partial charge in [-0.05, 0) is 36.6 Å². The number of pyridine rings is 1. The summed E-state index contributed by atoms with van der Waals surface area (Å²) < 4.78 is 6.06. The van der Waals surface area contributed by atoms with Crippen LogP contribution >= 0.6 is 11.3 Å². The molecule has 31 heavy (non-hydrogen) atoms. The van der Waals surface area contributed by atoms with E-state index >= 15 is 0 Å². The maximum absolute atomic E-state index is 12.9. The van der Waals surface area contributed by atoms with E-state index in [1.165, 1.54) is 22.5 Å². The molecule has 164 valence electrons. The minimum absolute atomic E-state index is 0.0730. The second-order valence-electron chi connectivity index (χ2n) is 8.93. The standard InChI is InChI=1S/C25H31N3O2S/c1-17(2)16-30-21-10-6-5-8-18(21)14-28-13-11-19(15-28)22-20-9-7-12-26-24(20)31-23(22)25(29)27(3)4/h5-10,12,17,19H,11,13-16H2,1-4H3/t19-/m1/s1. The predicted molar refractivity (Wildman–Crippen MR) is 127 cm³/mol. The third-order valence-corrected chi connectivity index (χ3v) is 6.84. The maximum atomic E-state index is 12.9. The maximum Gasteiger partial charge on any atom is 0.263 e. The molecule has 0 saturated carbocycles. The molecule has 3 heterocycles. The highest BCUT2D eigenvalue weighted by Gasteiger charge is 2.31. The van der Waals surface area contributed by atoms with Gasteiger partial charge in [0.2, 0.25) is 0 Å². The van der Waals surface area contributed by atoms with Crippen molar-refractivity contribution >= 4 is 27.5 Å². The van der Waals surface area contributed by atoms with Gasteiger partial charge in [0.15, 0.2) is 0 Å². The fraction of sp³-hybridized carbons (Fsp3) is 0.440. The van der Waals surface area contributed by atoms with Crippen molar-refractivity contribution in [1.29, 1.82) is 0 Å². The van der Waals surface area contributed by atoms with Gasteiger partial charge >= 0.3 is 0 Å². The minimum atomic E-state index is 0.0730. The number of benzene rings is 1. The number of thiophene rings is 1. The molecule has 1 atom stereocenters. The van der Waals surface area contributed by atoms with Crippen LogP contribution < -0.4 is 4.74 Å². The van der Waals surface area contributed by atoms with Gasteiger partial charge in [0, 0.05) is 50.2 Å². The zero-order valence-corrected chi connectivity index (χ0v) is 19.6. The number of likely N-dealkylation sites (tertiary alicyclic amines) is 1. The van der Waals surface area contributed by atoms with Crippen molar-refractivity contribution in [3.05, 3.63) is 58.6 Å². The number of aromatic nitrogens is 1. The van der Waals surface area contributed by atoms with Crippen molar-refractivity contribution in [2.45, 2.75) is 32.7 Å². The predicted octanol–water partition coefficient (Wildman–Crippen LogP) is 5.02. The summed E-state index contributed by atoms with van der Waals surface area (Å²) in [4.78, 5) is 23.4. The van der Waals surface area contributed by atoms with Crippen LogP contribution in [0.3, 0.4) is 0 Å². The second kappa shape index (κ2) is 9.37. The highest BCUT2D eigenvalue weighted by atomic mass is 32.1. The average Bonchev–Trinajstić information content (AvgIpc) is 3.36. The molecule has 1 saturated heterocycles. The van der Waals surface area contributed by atoms with Gasteiger partial charge in [-0.1, -0.05) is 38.1 Å². The molecule has 1 aliphatic rings. The zero-order valence-electron chi connectivity index (χ0n) is 18.8. The first-order valence-corrected chi connectivity index (χ1v) is 11.8. The quantitative estimate of drug-likeness (QED) is 0.521. The minimum Gasteiger partial charge on any atom is -0.493 e. The Morgan fingerprint density at radius 2 is 2.06 bits per heavy atom. The molecule has 1 aromatic carbocycles. The molecular weight excluding hydrogens is 406 g/mol. The summed E-state index contributed by atoms with van der Waals surface area (Å²) in [5.74, 6) is 1.88. The third-order valence-electron chi connectivity index (χ3n) is 5.72. The van der Waals surface area contributed by atoms with E-state index in [1.54, 1.807) is 4.90 Å². The van der Waals surface area contributed by atoms with E-state index in [-0.39, 0.29) is 5.91 Å². The summed E-state index contributed by atoms with van der Waals surface area (Å²) in [6.45, 7) is 7.87. The SMILES string of the molecule is CC(C)COc1ccccc1CN1CC[C@@H](c2c(C(=O)N(C)C)sc3ncccc23)C1. The lowest BCUT2D eigenvalue weighted by atomic mass is 9.95. The van der Waals surface area contributed by atoms with Gasteiger partial charge in [0.25, 0.3) is 5.91 Å². The van der Waals surface area contributed by atoms with Crippen LogP contribution in [0, 0.1) is 5.92 Å². The lowest BCUT2D eigenvalue weighted by Gasteiger charge is -2.20. The van der Waals surface area contributed by atoms with Crippen molar-refractivity contribution in [2.24, 2.45) is 5.92 Å². The first-order chi connectivity index (χ1) is 14.9. The average molecular weight is 438 g/mol. The second-order valence-corrected chi connectivity index (χ2v) is 9.93. The Hall–Kier alpha value is -2.44. The van der Waals surface area contributed by atoms with Crippen LogP contribution in [0.15, 0.2) is 42.6 Å². The monoisotopic (exact) mass is 437 g/mol. The van der Waals surface area contributed by atoms with Crippen LogP contribution in [-0.2, 0) is 6.54 Å². The number of nitrogens with zero attached hydrogens (tertiary/aromatic N) is 3. The van der Waals surface area contributed by atoms with Crippen LogP contribution in [0.1, 0.15) is 47.0 Å². The summed E-state index contributed by atoms with van der Waals surface area (Å²) in [7, 11) is 3.64. The summed E-state index contributed by atoms with van der Waals surface area (Å²) in [6.07, 6.45) is 2.85. The van der Waals surface area contributed by atoms with Gasteiger partial charge in [-0.2, -0.15) is 0 Å². The Balaban J connectivity index is 1.56. The van der Waals surface area contributed by atoms with E-state index in [1.807, 2.05) is 32.4 Å². The molecule has 0 N–H and O–H groups in total. The fourth-order valence-electron chi connectivity index (χ4n) is 4.20. The molecule has 0 radical (unpaired) electrons. The van der Waals surface area contributed by atoms with Gasteiger partial charge in [-0.15, -0.1) is 11.3 Å². The summed E-state index contributed by atoms with van der Waals surface area (Å²) >= 11 is 1.52. The molecule has 3 aromatic rings. The number of amides is 1. The molecule has 1 aliphatic heterocycles. The van der Waals surface area contributed by atoms with Gasteiger partial charge in [-0.3, -0.25) is 9.69 Å². The Morgan fingerprint density at radius 3 is 2.84 bits per heavy atom. The van der Waals surface area contributed by atoms with Crippen LogP contribution in [0.5, 0.6) is 5.75 Å². The van der Waals surface area contributed by atoms with Crippen molar-refractivity contribution in [2.75, 3.05) is 33.8 Å². The lowest BCUT2D eigenvalue weighted by molar-refractivity contribution is 0.0831. The van der Waals surface area contributed by atoms with Crippen molar-refractivity contribution in [1.82, 2.24) is 14.8 Å². The molecular formula is C25H31N3O2S. The molecule has 1 amide bonds. The molecule has 6 heteroatoms. The summed E-state index contributed by atoms with van der Waals surface area (Å²) in [5.41, 5.74) is 2.41. The molecule has 0 aliphatic carbocycles. The molecule has 4 rings (SSSR count). The van der Waals surface area contributed by atoms with Crippen LogP contribution in [0.4, 0.5) is 0 Å². The normalized spacial score (nSPS) is 16.9. The molecule has 0 bridgehead atoms. The number of hydrogen-bond acceptors (Lipinski definition) is 5. The first kappa shape index (κ1) is 21.8. The Kier molecular flexibility index (Phi) is 6.58. The molecule has 5 nitrogen and oxygen atoms in total. The van der Waals surface area contributed by atoms with Crippen molar-refractivity contribution in [3.63, 3.8) is 0 Å². The highest BCUT2D eigenvalue weighted by Crippen LogP contribution is 2.40. The Morgan fingerprint density at radius 1 is 1.26 bits per heavy atom. The van der Waals surface area contributed by atoms with Gasteiger partial charge in [-0.25, -0.2) is 4.98 Å². The number of para-hydroxylation sites is 1. The molecule has 0 unspecified atom stereocenters. The number of fused-ring (bicyclic) bond motifs is 1. The topological polar surface area (TPSA) is 45.7 Å². The highest BCUT2D eigenvalue weighted by molar-refractivity contribution is 7.20. The largest absolute Gasteiger partial charge is 0.493 e. The van der Waals surface area contributed by atoms with Crippen LogP contribution in [-0.4, -0.2) is 54.5 Å². The van der Waals surface area contributed by atoms with E-state index < -0.39 is 0 Å². The smallest absolute Gasteiger partial charge is 0.263 e. The Labute approximate surface area is 188 Å². The number of carbonyl (C=O) groups is 1. The molecule has 2 aromatic heterocycles. The van der Waals surface area contributed by atoms with E-state index in [0.717, 1.165) is 53.5 Å². The van der Waals surface area contributed by atoms with Gasteiger partial charge in [0.1, 0.15) is 10.6 Å². The number of carbonyl (C=O) groups excluding carboxylic acids is 1. The summed E-state index contributed by atoms with van der Waals surface area (Å²) in [6, 6.07) is 12.4. The van der Waals surface area contributed by atoms with E-state index in [0.29, 0.717) is 11.8 Å². The van der Waals surface area contributed by atoms with E-state index in [9.17, 15) is 4.79 Å². The van der Waals surface area contributed by atoms with Crippen LogP contribution in [0.25, 0.3) is 10.2 Å². The molecule has 0 spiro atoms. The Bertz CT molecular complexity index is 1060. The zero-order chi connectivity index (χ0) is 22.0. The molecule has 1 fully saturated rings. The fourth-order valence-corrected chi connectivity index (χ4v) is 5.45. The number of hydrogen-bond donors (Lipinski definition) is 0. The third kappa shape index (κ3) is 4.75. The first-order valence-electron chi connectivity index (χ1n) is 11.0. The van der Waals surface area contributed by atoms with Gasteiger partial charge < -0.3 is 9.64 Å². The van der Waals surface area contributed by atoms with E-state index in [2.05, 4.69) is 48.0 Å². The van der Waals surface area contributed by atoms with Crippen molar-refractivity contribution < 1.29 is 9.53 Å². The summed E-state index contributed by atoms with van der Waals surface area (Å²) in [5, 5.41) is 1.13. The number of rotatable bonds is 7. The number of ether oxygens (including phenoxy) is 1. The van der Waals surface area contributed by atoms with Gasteiger partial charge in [0.05, 0.1) is 11.5 Å².